The van der Waals surface area contributed by atoms with Gasteiger partial charge in [-0.25, -0.2) is 21.9 Å². The first-order valence-corrected chi connectivity index (χ1v) is 12.0. The molecular weight excluding hydrogens is 418 g/mol. The number of nitrogens with zero attached hydrogens (tertiary/aromatic N) is 1. The number of benzene rings is 1. The van der Waals surface area contributed by atoms with Gasteiger partial charge in [0, 0.05) is 19.0 Å². The molecule has 2 fully saturated rings. The zero-order valence-electron chi connectivity index (χ0n) is 16.7. The van der Waals surface area contributed by atoms with E-state index in [4.69, 9.17) is 9.47 Å². The Morgan fingerprint density at radius 2 is 1.97 bits per heavy atom. The Kier molecular flexibility index (Phi) is 5.75. The Bertz CT molecular complexity index is 910. The van der Waals surface area contributed by atoms with Gasteiger partial charge in [0.25, 0.3) is 11.8 Å². The summed E-state index contributed by atoms with van der Waals surface area (Å²) in [5, 5.41) is 0. The van der Waals surface area contributed by atoms with Gasteiger partial charge < -0.3 is 14.4 Å². The second kappa shape index (κ2) is 8.05. The number of hydrogen-bond acceptors (Lipinski definition) is 5. The molecule has 5 rings (SSSR count). The SMILES string of the molecule is CS(=O)(=O)N[C@H]1CCN2C(=O)COc3ccccc3C3CC[C@H](OCC12)C(F)(F)C3. The summed E-state index contributed by atoms with van der Waals surface area (Å²) in [6.07, 6.45) is 0.495. The van der Waals surface area contributed by atoms with Crippen molar-refractivity contribution in [1.82, 2.24) is 9.62 Å². The van der Waals surface area contributed by atoms with Crippen LogP contribution in [0.15, 0.2) is 24.3 Å². The molecule has 7 nitrogen and oxygen atoms in total. The van der Waals surface area contributed by atoms with Crippen LogP contribution in [0.25, 0.3) is 0 Å². The van der Waals surface area contributed by atoms with E-state index in [-0.39, 0.29) is 37.9 Å². The maximum absolute atomic E-state index is 14.9. The normalized spacial score (nSPS) is 31.7. The molecule has 1 aromatic rings. The molecule has 0 aromatic heterocycles. The van der Waals surface area contributed by atoms with E-state index < -0.39 is 34.1 Å². The summed E-state index contributed by atoms with van der Waals surface area (Å²) in [5.74, 6) is -3.30. The van der Waals surface area contributed by atoms with E-state index in [1.54, 1.807) is 24.3 Å². The summed E-state index contributed by atoms with van der Waals surface area (Å²) in [7, 11) is -3.53. The van der Waals surface area contributed by atoms with Gasteiger partial charge in [0.1, 0.15) is 11.9 Å². The van der Waals surface area contributed by atoms with E-state index in [2.05, 4.69) is 4.72 Å². The van der Waals surface area contributed by atoms with E-state index >= 15 is 0 Å². The second-order valence-electron chi connectivity index (χ2n) is 8.33. The number of amides is 1. The van der Waals surface area contributed by atoms with Crippen molar-refractivity contribution >= 4 is 15.9 Å². The minimum Gasteiger partial charge on any atom is -0.483 e. The van der Waals surface area contributed by atoms with Gasteiger partial charge in [-0.05, 0) is 36.8 Å². The molecule has 2 bridgehead atoms. The van der Waals surface area contributed by atoms with Crippen LogP contribution in [-0.4, -0.2) is 69.3 Å². The van der Waals surface area contributed by atoms with Gasteiger partial charge in [-0.15, -0.1) is 0 Å². The van der Waals surface area contributed by atoms with Crippen molar-refractivity contribution in [3.63, 3.8) is 0 Å². The Labute approximate surface area is 174 Å². The summed E-state index contributed by atoms with van der Waals surface area (Å²) >= 11 is 0. The number of nitrogens with one attached hydrogen (secondary N) is 1. The topological polar surface area (TPSA) is 84.9 Å². The van der Waals surface area contributed by atoms with Crippen LogP contribution in [0, 0.1) is 0 Å². The highest BCUT2D eigenvalue weighted by atomic mass is 32.2. The quantitative estimate of drug-likeness (QED) is 0.753. The lowest BCUT2D eigenvalue weighted by atomic mass is 9.80. The molecule has 10 heteroatoms. The monoisotopic (exact) mass is 444 g/mol. The van der Waals surface area contributed by atoms with E-state index in [1.807, 2.05) is 0 Å². The minimum absolute atomic E-state index is 0.156. The standard InChI is InChI=1S/C20H26F2N2O5S/c1-30(26,27)23-15-8-9-24-16(15)11-29-18-7-6-13(10-20(18,21)22)14-4-2-3-5-17(14)28-12-19(24)25/h2-5,13,15-16,18,23H,6-12H2,1H3/t13?,15-,16?,18-/m0/s1. The van der Waals surface area contributed by atoms with E-state index in [9.17, 15) is 22.0 Å². The highest BCUT2D eigenvalue weighted by molar-refractivity contribution is 7.88. The molecule has 0 radical (unpaired) electrons. The molecule has 30 heavy (non-hydrogen) atoms. The van der Waals surface area contributed by atoms with Crippen molar-refractivity contribution in [2.24, 2.45) is 0 Å². The van der Waals surface area contributed by atoms with Crippen molar-refractivity contribution in [1.29, 1.82) is 0 Å². The number of halogens is 2. The largest absolute Gasteiger partial charge is 0.483 e. The number of hydrogen-bond donors (Lipinski definition) is 1. The van der Waals surface area contributed by atoms with Gasteiger partial charge in [-0.3, -0.25) is 4.79 Å². The van der Waals surface area contributed by atoms with Crippen molar-refractivity contribution < 1.29 is 31.5 Å². The van der Waals surface area contributed by atoms with Crippen LogP contribution in [0.5, 0.6) is 5.75 Å². The van der Waals surface area contributed by atoms with Crippen LogP contribution < -0.4 is 9.46 Å². The molecule has 1 saturated carbocycles. The number of alkyl halides is 2. The lowest BCUT2D eigenvalue weighted by molar-refractivity contribution is -0.168. The molecule has 4 atom stereocenters. The molecule has 1 aromatic carbocycles. The van der Waals surface area contributed by atoms with Gasteiger partial charge in [-0.1, -0.05) is 18.2 Å². The predicted molar refractivity (Wildman–Crippen MR) is 105 cm³/mol. The molecular formula is C20H26F2N2O5S. The van der Waals surface area contributed by atoms with Crippen LogP contribution in [-0.2, 0) is 19.6 Å². The van der Waals surface area contributed by atoms with Gasteiger partial charge in [0.15, 0.2) is 6.61 Å². The lowest BCUT2D eigenvalue weighted by Crippen LogP contribution is -2.51. The molecule has 166 valence electrons. The molecule has 1 amide bonds. The van der Waals surface area contributed by atoms with E-state index in [1.165, 1.54) is 4.90 Å². The van der Waals surface area contributed by atoms with Gasteiger partial charge >= 0.3 is 0 Å². The number of sulfonamides is 1. The highest BCUT2D eigenvalue weighted by Crippen LogP contribution is 2.45. The zero-order valence-corrected chi connectivity index (χ0v) is 17.5. The molecule has 3 heterocycles. The summed E-state index contributed by atoms with van der Waals surface area (Å²) in [6, 6.07) is 5.73. The lowest BCUT2D eigenvalue weighted by Gasteiger charge is -2.37. The van der Waals surface area contributed by atoms with Crippen molar-refractivity contribution in [3.8, 4) is 5.75 Å². The molecule has 2 unspecified atom stereocenters. The third-order valence-corrected chi connectivity index (χ3v) is 6.91. The summed E-state index contributed by atoms with van der Waals surface area (Å²) < 4.78 is 67.2. The Morgan fingerprint density at radius 3 is 2.70 bits per heavy atom. The van der Waals surface area contributed by atoms with Crippen molar-refractivity contribution in [3.05, 3.63) is 29.8 Å². The number of carbonyl (C=O) groups is 1. The number of fused-ring (bicyclic) bond motifs is 5. The first-order chi connectivity index (χ1) is 14.1. The summed E-state index contributed by atoms with van der Waals surface area (Å²) in [5.41, 5.74) is 0.678. The smallest absolute Gasteiger partial charge is 0.274 e. The number of carbonyl (C=O) groups excluding carboxylic acids is 1. The summed E-state index contributed by atoms with van der Waals surface area (Å²) in [4.78, 5) is 14.3. The third-order valence-electron chi connectivity index (χ3n) is 6.18. The van der Waals surface area contributed by atoms with Crippen molar-refractivity contribution in [2.75, 3.05) is 26.0 Å². The molecule has 1 aliphatic carbocycles. The maximum atomic E-state index is 14.9. The maximum Gasteiger partial charge on any atom is 0.274 e. The zero-order chi connectivity index (χ0) is 21.5. The molecule has 1 N–H and O–H groups in total. The van der Waals surface area contributed by atoms with E-state index in [0.717, 1.165) is 6.26 Å². The Hall–Kier alpha value is -1.78. The first kappa shape index (κ1) is 21.5. The van der Waals surface area contributed by atoms with Gasteiger partial charge in [-0.2, -0.15) is 0 Å². The fraction of sp³-hybridized carbons (Fsp3) is 0.650. The predicted octanol–water partition coefficient (Wildman–Crippen LogP) is 1.89. The third kappa shape index (κ3) is 4.45. The Morgan fingerprint density at radius 1 is 1.20 bits per heavy atom. The molecule has 3 aliphatic heterocycles. The minimum atomic E-state index is -3.53. The fourth-order valence-corrected chi connectivity index (χ4v) is 5.59. The second-order valence-corrected chi connectivity index (χ2v) is 10.1. The van der Waals surface area contributed by atoms with Crippen LogP contribution in [0.4, 0.5) is 8.78 Å². The van der Waals surface area contributed by atoms with Crippen LogP contribution in [0.3, 0.4) is 0 Å². The average molecular weight is 445 g/mol. The number of ether oxygens (including phenoxy) is 2. The number of para-hydroxylation sites is 1. The van der Waals surface area contributed by atoms with Gasteiger partial charge in [0.2, 0.25) is 10.0 Å². The first-order valence-electron chi connectivity index (χ1n) is 10.1. The molecule has 0 spiro atoms. The van der Waals surface area contributed by atoms with Gasteiger partial charge in [0.05, 0.1) is 18.9 Å². The van der Waals surface area contributed by atoms with Crippen LogP contribution in [0.1, 0.15) is 37.2 Å². The Balaban J connectivity index is 1.66. The fourth-order valence-electron chi connectivity index (χ4n) is 4.76. The van der Waals surface area contributed by atoms with E-state index in [0.29, 0.717) is 30.7 Å². The van der Waals surface area contributed by atoms with Crippen LogP contribution in [0.2, 0.25) is 0 Å². The van der Waals surface area contributed by atoms with Crippen LogP contribution >= 0.6 is 0 Å². The number of rotatable bonds is 2. The summed E-state index contributed by atoms with van der Waals surface area (Å²) in [6.45, 7) is -0.100. The highest BCUT2D eigenvalue weighted by Gasteiger charge is 2.48. The molecule has 4 aliphatic rings. The van der Waals surface area contributed by atoms with Crippen molar-refractivity contribution in [2.45, 2.75) is 55.7 Å². The average Bonchev–Trinajstić information content (AvgIpc) is 3.05. The molecule has 1 saturated heterocycles.